The summed E-state index contributed by atoms with van der Waals surface area (Å²) in [6, 6.07) is 15.3. The van der Waals surface area contributed by atoms with Crippen LogP contribution in [0.3, 0.4) is 0 Å². The molecule has 6 aromatic rings. The third kappa shape index (κ3) is 6.51. The monoisotopic (exact) mass is 758 g/mol. The second-order valence-corrected chi connectivity index (χ2v) is 13.2. The summed E-state index contributed by atoms with van der Waals surface area (Å²) >= 11 is 2.30. The average Bonchev–Trinajstić information content (AvgIpc) is 3.79. The molecule has 0 amide bonds. The van der Waals surface area contributed by atoms with Crippen LogP contribution >= 0.6 is 22.7 Å². The van der Waals surface area contributed by atoms with E-state index in [1.54, 1.807) is 48.5 Å². The maximum Gasteiger partial charge on any atom is 0.346 e. The summed E-state index contributed by atoms with van der Waals surface area (Å²) < 4.78 is 38.8. The highest BCUT2D eigenvalue weighted by Crippen LogP contribution is 2.46. The van der Waals surface area contributed by atoms with Crippen LogP contribution in [0, 0.1) is 0 Å². The van der Waals surface area contributed by atoms with Crippen LogP contribution in [0.15, 0.2) is 60.7 Å². The lowest BCUT2D eigenvalue weighted by Crippen LogP contribution is -2.19. The van der Waals surface area contributed by atoms with Crippen molar-refractivity contribution in [2.45, 2.75) is 0 Å². The first kappa shape index (κ1) is 36.5. The molecule has 2 aromatic heterocycles. The van der Waals surface area contributed by atoms with Gasteiger partial charge in [-0.3, -0.25) is 0 Å². The minimum Gasteiger partial charge on any atom is -0.493 e. The summed E-state index contributed by atoms with van der Waals surface area (Å²) in [6.45, 7) is 0. The van der Waals surface area contributed by atoms with Gasteiger partial charge in [0.2, 0.25) is 0 Å². The van der Waals surface area contributed by atoms with E-state index in [2.05, 4.69) is 0 Å². The van der Waals surface area contributed by atoms with E-state index in [4.69, 9.17) is 33.2 Å². The van der Waals surface area contributed by atoms with Gasteiger partial charge in [0.1, 0.15) is 0 Å². The van der Waals surface area contributed by atoms with Crippen LogP contribution in [0.4, 0.5) is 0 Å². The van der Waals surface area contributed by atoms with Crippen LogP contribution < -0.4 is 28.4 Å². The number of hydrogen-bond donors (Lipinski definition) is 2. The third-order valence-corrected chi connectivity index (χ3v) is 10.6. The van der Waals surface area contributed by atoms with Gasteiger partial charge in [-0.05, 0) is 70.4 Å². The number of benzene rings is 4. The second-order valence-electron chi connectivity index (χ2n) is 11.2. The van der Waals surface area contributed by atoms with Gasteiger partial charge in [-0.1, -0.05) is 34.8 Å². The number of hydrogen-bond acceptors (Lipinski definition) is 13. The van der Waals surface area contributed by atoms with Crippen molar-refractivity contribution in [1.82, 2.24) is 0 Å². The van der Waals surface area contributed by atoms with E-state index in [0.717, 1.165) is 22.7 Å². The lowest BCUT2D eigenvalue weighted by Gasteiger charge is -2.16. The normalized spacial score (nSPS) is 10.9. The fourth-order valence-corrected chi connectivity index (χ4v) is 8.07. The van der Waals surface area contributed by atoms with E-state index in [-0.39, 0.29) is 11.1 Å². The van der Waals surface area contributed by atoms with Crippen LogP contribution in [-0.4, -0.2) is 76.7 Å². The third-order valence-electron chi connectivity index (χ3n) is 8.37. The van der Waals surface area contributed by atoms with Crippen molar-refractivity contribution < 1.29 is 62.5 Å². The Balaban J connectivity index is 1.54. The molecule has 2 heterocycles. The van der Waals surface area contributed by atoms with Crippen LogP contribution in [0.25, 0.3) is 42.4 Å². The molecule has 0 fully saturated rings. The molecule has 53 heavy (non-hydrogen) atoms. The van der Waals surface area contributed by atoms with E-state index in [1.807, 2.05) is 0 Å². The standard InChI is InChI=1S/C38H30O13S2/c1-45-23-9-7-17(13-25(23)47-3)29-31(35(39)40)21(11-19-15-27(49-5)52-33(19)29)37(43)51-38(44)22-12-20-16-28(50-6)53-34(20)30(32(22)36(41)42)18-8-10-24(46-2)26(14-18)48-4/h7-16H,1-6H3,(H,39,40)(H,41,42). The number of rotatable bonds is 12. The van der Waals surface area contributed by atoms with E-state index in [1.165, 1.54) is 54.8 Å². The lowest BCUT2D eigenvalue weighted by atomic mass is 9.92. The van der Waals surface area contributed by atoms with Crippen molar-refractivity contribution in [2.75, 3.05) is 42.7 Å². The highest BCUT2D eigenvalue weighted by Gasteiger charge is 2.32. The summed E-state index contributed by atoms with van der Waals surface area (Å²) in [4.78, 5) is 54.0. The zero-order chi connectivity index (χ0) is 38.1. The number of carboxylic acids is 2. The maximum atomic E-state index is 14.0. The number of ether oxygens (including phenoxy) is 7. The average molecular weight is 759 g/mol. The highest BCUT2D eigenvalue weighted by atomic mass is 32.1. The van der Waals surface area contributed by atoms with Gasteiger partial charge in [0.05, 0.1) is 64.9 Å². The molecule has 0 saturated heterocycles. The molecule has 13 nitrogen and oxygen atoms in total. The van der Waals surface area contributed by atoms with Gasteiger partial charge in [0, 0.05) is 20.5 Å². The molecule has 0 spiro atoms. The number of esters is 2. The van der Waals surface area contributed by atoms with Crippen LogP contribution in [0.2, 0.25) is 0 Å². The van der Waals surface area contributed by atoms with Crippen LogP contribution in [0.5, 0.6) is 33.1 Å². The quantitative estimate of drug-likeness (QED) is 0.0912. The van der Waals surface area contributed by atoms with Crippen molar-refractivity contribution in [3.05, 3.63) is 82.9 Å². The van der Waals surface area contributed by atoms with Crippen molar-refractivity contribution in [3.63, 3.8) is 0 Å². The fourth-order valence-electron chi connectivity index (χ4n) is 6.02. The summed E-state index contributed by atoms with van der Waals surface area (Å²) in [5, 5.41) is 22.9. The van der Waals surface area contributed by atoms with Crippen molar-refractivity contribution in [3.8, 4) is 55.4 Å². The second kappa shape index (κ2) is 14.7. The minimum atomic E-state index is -1.49. The molecule has 0 aliphatic carbocycles. The number of carbonyl (C=O) groups is 4. The number of thiophene rings is 2. The predicted molar refractivity (Wildman–Crippen MR) is 197 cm³/mol. The zero-order valence-corrected chi connectivity index (χ0v) is 30.6. The van der Waals surface area contributed by atoms with Gasteiger partial charge < -0.3 is 43.4 Å². The van der Waals surface area contributed by atoms with Gasteiger partial charge in [0.15, 0.2) is 33.1 Å². The molecule has 6 rings (SSSR count). The summed E-state index contributed by atoms with van der Waals surface area (Å²) in [7, 11) is 8.65. The van der Waals surface area contributed by atoms with Gasteiger partial charge in [0.25, 0.3) is 0 Å². The molecule has 272 valence electrons. The Kier molecular flexibility index (Phi) is 10.1. The largest absolute Gasteiger partial charge is 0.493 e. The molecule has 15 heteroatoms. The molecule has 2 N–H and O–H groups in total. The Morgan fingerprint density at radius 1 is 0.491 bits per heavy atom. The van der Waals surface area contributed by atoms with Crippen molar-refractivity contribution in [1.29, 1.82) is 0 Å². The van der Waals surface area contributed by atoms with Gasteiger partial charge in [-0.25, -0.2) is 19.2 Å². The molecule has 0 aliphatic heterocycles. The summed E-state index contributed by atoms with van der Waals surface area (Å²) in [5.41, 5.74) is -0.850. The highest BCUT2D eigenvalue weighted by molar-refractivity contribution is 7.21. The van der Waals surface area contributed by atoms with E-state index in [9.17, 15) is 29.4 Å². The SMILES string of the molecule is COc1cc2cc(C(=O)OC(=O)c3cc4cc(OC)sc4c(-c4ccc(OC)c(OC)c4)c3C(=O)O)c(C(=O)O)c(-c3ccc(OC)c(OC)c3)c2s1. The number of carbonyl (C=O) groups excluding carboxylic acids is 2. The molecule has 0 radical (unpaired) electrons. The fraction of sp³-hybridized carbons (Fsp3) is 0.158. The lowest BCUT2D eigenvalue weighted by molar-refractivity contribution is 0.0387. The smallest absolute Gasteiger partial charge is 0.346 e. The molecule has 0 atom stereocenters. The van der Waals surface area contributed by atoms with Gasteiger partial charge in [-0.2, -0.15) is 0 Å². The molecule has 0 saturated carbocycles. The van der Waals surface area contributed by atoms with E-state index < -0.39 is 46.1 Å². The summed E-state index contributed by atoms with van der Waals surface area (Å²) in [5.74, 6) is -4.26. The molecule has 4 aromatic carbocycles. The van der Waals surface area contributed by atoms with E-state index >= 15 is 0 Å². The maximum absolute atomic E-state index is 14.0. The minimum absolute atomic E-state index is 0.136. The molecular formula is C38H30O13S2. The number of methoxy groups -OCH3 is 6. The first-order chi connectivity index (χ1) is 25.5. The van der Waals surface area contributed by atoms with E-state index in [0.29, 0.717) is 64.4 Å². The molecule has 0 bridgehead atoms. The summed E-state index contributed by atoms with van der Waals surface area (Å²) in [6.07, 6.45) is 0. The number of aromatic carboxylic acids is 2. The molecule has 0 aliphatic rings. The molecular weight excluding hydrogens is 729 g/mol. The topological polar surface area (TPSA) is 173 Å². The predicted octanol–water partition coefficient (Wildman–Crippen LogP) is 7.90. The van der Waals surface area contributed by atoms with Crippen LogP contribution in [-0.2, 0) is 4.74 Å². The van der Waals surface area contributed by atoms with Crippen molar-refractivity contribution in [2.24, 2.45) is 0 Å². The number of carboxylic acid groups (broad SMARTS) is 2. The Bertz CT molecular complexity index is 2290. The van der Waals surface area contributed by atoms with Crippen LogP contribution in [0.1, 0.15) is 41.4 Å². The Morgan fingerprint density at radius 3 is 1.19 bits per heavy atom. The Labute approximate surface area is 309 Å². The Hall–Kier alpha value is -6.32. The van der Waals surface area contributed by atoms with Crippen molar-refractivity contribution >= 4 is 66.7 Å². The Morgan fingerprint density at radius 2 is 0.868 bits per heavy atom. The zero-order valence-electron chi connectivity index (χ0n) is 29.0. The first-order valence-electron chi connectivity index (χ1n) is 15.4. The van der Waals surface area contributed by atoms with Gasteiger partial charge in [-0.15, -0.1) is 0 Å². The first-order valence-corrected chi connectivity index (χ1v) is 17.1. The van der Waals surface area contributed by atoms with Gasteiger partial charge >= 0.3 is 23.9 Å². The number of fused-ring (bicyclic) bond motifs is 2. The molecule has 0 unspecified atom stereocenters.